The van der Waals surface area contributed by atoms with Crippen molar-refractivity contribution < 1.29 is 0 Å². The molecule has 0 saturated carbocycles. The number of para-hydroxylation sites is 3. The normalized spacial score (nSPS) is 15.7. The van der Waals surface area contributed by atoms with Gasteiger partial charge in [-0.05, 0) is 23.8 Å². The van der Waals surface area contributed by atoms with E-state index in [1.54, 1.807) is 0 Å². The monoisotopic (exact) mass is 392 g/mol. The second kappa shape index (κ2) is 6.49. The molecule has 1 atom stereocenters. The molecular formula is C24H20N6. The molecule has 6 rings (SSSR count). The number of imidazole rings is 1. The molecule has 0 bridgehead atoms. The van der Waals surface area contributed by atoms with Gasteiger partial charge in [0.05, 0.1) is 11.0 Å². The molecule has 5 aromatic rings. The zero-order chi connectivity index (χ0) is 20.1. The molecule has 6 nitrogen and oxygen atoms in total. The lowest BCUT2D eigenvalue weighted by Gasteiger charge is -2.23. The average Bonchev–Trinajstić information content (AvgIpc) is 3.32. The summed E-state index contributed by atoms with van der Waals surface area (Å²) in [6.45, 7) is 0.795. The Morgan fingerprint density at radius 2 is 1.60 bits per heavy atom. The van der Waals surface area contributed by atoms with Crippen molar-refractivity contribution in [3.63, 3.8) is 0 Å². The van der Waals surface area contributed by atoms with Crippen LogP contribution in [0.3, 0.4) is 0 Å². The molecule has 1 aliphatic rings. The Morgan fingerprint density at radius 1 is 0.867 bits per heavy atom. The van der Waals surface area contributed by atoms with Gasteiger partial charge in [-0.3, -0.25) is 9.88 Å². The molecule has 146 valence electrons. The molecule has 3 heterocycles. The van der Waals surface area contributed by atoms with Crippen molar-refractivity contribution in [2.75, 3.05) is 5.32 Å². The van der Waals surface area contributed by atoms with Gasteiger partial charge in [-0.15, -0.1) is 0 Å². The minimum Gasteiger partial charge on any atom is -0.370 e. The Labute approximate surface area is 173 Å². The van der Waals surface area contributed by atoms with Crippen molar-refractivity contribution >= 4 is 33.8 Å². The number of aromatic nitrogens is 3. The van der Waals surface area contributed by atoms with E-state index in [1.165, 1.54) is 16.5 Å². The summed E-state index contributed by atoms with van der Waals surface area (Å²) in [6.07, 6.45) is 1.92. The van der Waals surface area contributed by atoms with Crippen LogP contribution in [-0.2, 0) is 6.54 Å². The summed E-state index contributed by atoms with van der Waals surface area (Å²) in [5, 5.41) is 4.28. The van der Waals surface area contributed by atoms with E-state index in [0.717, 1.165) is 23.1 Å². The highest BCUT2D eigenvalue weighted by Crippen LogP contribution is 2.36. The number of nitrogens with two attached hydrogens (primary N) is 1. The summed E-state index contributed by atoms with van der Waals surface area (Å²) in [4.78, 5) is 9.50. The first-order valence-corrected chi connectivity index (χ1v) is 9.97. The number of hydrogen-bond donors (Lipinski definition) is 2. The Kier molecular flexibility index (Phi) is 3.64. The van der Waals surface area contributed by atoms with Crippen molar-refractivity contribution in [2.45, 2.75) is 12.7 Å². The predicted octanol–water partition coefficient (Wildman–Crippen LogP) is 4.33. The number of rotatable bonds is 3. The minimum atomic E-state index is -0.282. The van der Waals surface area contributed by atoms with E-state index in [0.29, 0.717) is 11.9 Å². The molecular weight excluding hydrogens is 372 g/mol. The van der Waals surface area contributed by atoms with Gasteiger partial charge in [-0.25, -0.2) is 9.98 Å². The molecule has 6 heteroatoms. The summed E-state index contributed by atoms with van der Waals surface area (Å²) < 4.78 is 4.41. The predicted molar refractivity (Wildman–Crippen MR) is 121 cm³/mol. The first-order valence-electron chi connectivity index (χ1n) is 9.97. The topological polar surface area (TPSA) is 73.2 Å². The van der Waals surface area contributed by atoms with Gasteiger partial charge >= 0.3 is 0 Å². The summed E-state index contributed by atoms with van der Waals surface area (Å²) in [5.41, 5.74) is 11.6. The van der Waals surface area contributed by atoms with E-state index in [-0.39, 0.29) is 6.17 Å². The van der Waals surface area contributed by atoms with Gasteiger partial charge in [0.15, 0.2) is 12.1 Å². The molecule has 30 heavy (non-hydrogen) atoms. The fourth-order valence-corrected chi connectivity index (χ4v) is 4.32. The molecule has 3 aromatic carbocycles. The quantitative estimate of drug-likeness (QED) is 0.480. The summed E-state index contributed by atoms with van der Waals surface area (Å²) in [6, 6.07) is 27.0. The van der Waals surface area contributed by atoms with Crippen molar-refractivity contribution in [3.8, 4) is 0 Å². The maximum Gasteiger partial charge on any atom is 0.212 e. The van der Waals surface area contributed by atoms with Gasteiger partial charge in [-0.2, -0.15) is 0 Å². The van der Waals surface area contributed by atoms with E-state index < -0.39 is 0 Å². The Bertz CT molecular complexity index is 1410. The van der Waals surface area contributed by atoms with Crippen LogP contribution < -0.4 is 11.1 Å². The molecule has 0 unspecified atom stereocenters. The molecule has 0 radical (unpaired) electrons. The van der Waals surface area contributed by atoms with Crippen molar-refractivity contribution in [2.24, 2.45) is 10.7 Å². The largest absolute Gasteiger partial charge is 0.370 e. The van der Waals surface area contributed by atoms with Crippen LogP contribution in [0.2, 0.25) is 0 Å². The standard InChI is InChI=1S/C24H20N6/c25-23-27-22(30-21-13-7-5-11-19(21)26-24(30)28-23)18-15-29(14-16-8-2-1-3-9-16)20-12-6-4-10-17(18)20/h1-13,15,22H,14H2,(H3,25,26,27,28)/t22-/m0/s1. The second-order valence-corrected chi connectivity index (χ2v) is 7.52. The highest BCUT2D eigenvalue weighted by atomic mass is 15.4. The molecule has 0 fully saturated rings. The summed E-state index contributed by atoms with van der Waals surface area (Å²) >= 11 is 0. The molecule has 0 aliphatic carbocycles. The van der Waals surface area contributed by atoms with Crippen molar-refractivity contribution in [3.05, 3.63) is 96.2 Å². The van der Waals surface area contributed by atoms with Gasteiger partial charge < -0.3 is 10.3 Å². The van der Waals surface area contributed by atoms with Crippen LogP contribution >= 0.6 is 0 Å². The number of benzene rings is 3. The lowest BCUT2D eigenvalue weighted by molar-refractivity contribution is 0.627. The first kappa shape index (κ1) is 16.9. The minimum absolute atomic E-state index is 0.282. The third-order valence-electron chi connectivity index (χ3n) is 5.63. The van der Waals surface area contributed by atoms with Crippen LogP contribution in [0.15, 0.2) is 90.1 Å². The smallest absolute Gasteiger partial charge is 0.212 e. The SMILES string of the molecule is NC1=N[C@H](c2cn(Cc3ccccc3)c3ccccc23)n2c(nc3ccccc32)N1. The maximum absolute atomic E-state index is 6.15. The molecule has 2 aromatic heterocycles. The highest BCUT2D eigenvalue weighted by molar-refractivity contribution is 5.95. The molecule has 0 saturated heterocycles. The van der Waals surface area contributed by atoms with Gasteiger partial charge in [0.2, 0.25) is 5.95 Å². The van der Waals surface area contributed by atoms with Crippen LogP contribution in [0.5, 0.6) is 0 Å². The third kappa shape index (κ3) is 2.58. The van der Waals surface area contributed by atoms with Gasteiger partial charge in [0.25, 0.3) is 0 Å². The van der Waals surface area contributed by atoms with Gasteiger partial charge in [-0.1, -0.05) is 60.7 Å². The lowest BCUT2D eigenvalue weighted by atomic mass is 10.1. The van der Waals surface area contributed by atoms with E-state index in [4.69, 9.17) is 15.7 Å². The molecule has 0 spiro atoms. The first-order chi connectivity index (χ1) is 14.8. The van der Waals surface area contributed by atoms with Crippen LogP contribution in [0, 0.1) is 0 Å². The number of nitrogens with zero attached hydrogens (tertiary/aromatic N) is 4. The zero-order valence-corrected chi connectivity index (χ0v) is 16.2. The number of anilines is 1. The Hall–Kier alpha value is -4.06. The van der Waals surface area contributed by atoms with Gasteiger partial charge in [0, 0.05) is 29.2 Å². The number of guanidine groups is 1. The third-order valence-corrected chi connectivity index (χ3v) is 5.63. The maximum atomic E-state index is 6.15. The average molecular weight is 392 g/mol. The van der Waals surface area contributed by atoms with E-state index in [2.05, 4.69) is 75.2 Å². The number of nitrogens with one attached hydrogen (secondary N) is 1. The lowest BCUT2D eigenvalue weighted by Crippen LogP contribution is -2.31. The van der Waals surface area contributed by atoms with Crippen LogP contribution in [-0.4, -0.2) is 20.1 Å². The molecule has 3 N–H and O–H groups in total. The van der Waals surface area contributed by atoms with Gasteiger partial charge in [0.1, 0.15) is 0 Å². The zero-order valence-electron chi connectivity index (χ0n) is 16.2. The highest BCUT2D eigenvalue weighted by Gasteiger charge is 2.27. The van der Waals surface area contributed by atoms with Crippen molar-refractivity contribution in [1.29, 1.82) is 0 Å². The second-order valence-electron chi connectivity index (χ2n) is 7.52. The number of hydrogen-bond acceptors (Lipinski definition) is 4. The fraction of sp³-hybridized carbons (Fsp3) is 0.0833. The number of fused-ring (bicyclic) bond motifs is 4. The molecule has 0 amide bonds. The Balaban J connectivity index is 1.56. The fourth-order valence-electron chi connectivity index (χ4n) is 4.32. The summed E-state index contributed by atoms with van der Waals surface area (Å²) in [5.74, 6) is 1.09. The Morgan fingerprint density at radius 3 is 2.47 bits per heavy atom. The van der Waals surface area contributed by atoms with Crippen molar-refractivity contribution in [1.82, 2.24) is 14.1 Å². The van der Waals surface area contributed by atoms with Crippen LogP contribution in [0.25, 0.3) is 21.9 Å². The molecule has 1 aliphatic heterocycles. The van der Waals surface area contributed by atoms with E-state index >= 15 is 0 Å². The van der Waals surface area contributed by atoms with Crippen LogP contribution in [0.1, 0.15) is 17.3 Å². The number of aliphatic imine (C=N–C) groups is 1. The van der Waals surface area contributed by atoms with E-state index in [1.807, 2.05) is 24.3 Å². The summed E-state index contributed by atoms with van der Waals surface area (Å²) in [7, 11) is 0. The van der Waals surface area contributed by atoms with Crippen LogP contribution in [0.4, 0.5) is 5.95 Å². The van der Waals surface area contributed by atoms with E-state index in [9.17, 15) is 0 Å².